The lowest BCUT2D eigenvalue weighted by Crippen LogP contribution is -2.34. The molecule has 2 rings (SSSR count). The highest BCUT2D eigenvalue weighted by molar-refractivity contribution is 7.89. The average molecular weight is 324 g/mol. The predicted octanol–water partition coefficient (Wildman–Crippen LogP) is 1.75. The van der Waals surface area contributed by atoms with E-state index in [1.807, 2.05) is 0 Å². The van der Waals surface area contributed by atoms with Crippen molar-refractivity contribution in [2.24, 2.45) is 0 Å². The minimum Gasteiger partial charge on any atom is -0.385 e. The van der Waals surface area contributed by atoms with E-state index in [2.05, 4.69) is 9.71 Å². The molecule has 0 aliphatic carbocycles. The first-order chi connectivity index (χ1) is 8.95. The SMILES string of the molecule is COCCC(C)NS(=O)(=O)c1c(Cl)nc2sccn12. The Morgan fingerprint density at radius 3 is 3.05 bits per heavy atom. The van der Waals surface area contributed by atoms with Crippen LogP contribution in [0.4, 0.5) is 0 Å². The van der Waals surface area contributed by atoms with E-state index in [1.165, 1.54) is 15.7 Å². The molecule has 0 aliphatic rings. The van der Waals surface area contributed by atoms with Gasteiger partial charge in [0.25, 0.3) is 10.0 Å². The normalized spacial score (nSPS) is 14.1. The van der Waals surface area contributed by atoms with Gasteiger partial charge in [-0.1, -0.05) is 11.6 Å². The molecule has 0 amide bonds. The van der Waals surface area contributed by atoms with Crippen LogP contribution in [-0.2, 0) is 14.8 Å². The van der Waals surface area contributed by atoms with E-state index in [0.717, 1.165) is 0 Å². The molecule has 0 bridgehead atoms. The van der Waals surface area contributed by atoms with Crippen LogP contribution in [0.3, 0.4) is 0 Å². The molecule has 0 saturated heterocycles. The molecule has 0 fully saturated rings. The maximum Gasteiger partial charge on any atom is 0.260 e. The van der Waals surface area contributed by atoms with Crippen LogP contribution in [0.2, 0.25) is 5.15 Å². The zero-order valence-electron chi connectivity index (χ0n) is 10.5. The quantitative estimate of drug-likeness (QED) is 0.879. The Kier molecular flexibility index (Phi) is 4.46. The van der Waals surface area contributed by atoms with Gasteiger partial charge >= 0.3 is 0 Å². The molecule has 9 heteroatoms. The summed E-state index contributed by atoms with van der Waals surface area (Å²) in [5, 5.41) is 1.72. The molecule has 2 aromatic rings. The number of imidazole rings is 1. The van der Waals surface area contributed by atoms with Crippen molar-refractivity contribution in [3.63, 3.8) is 0 Å². The molecule has 0 radical (unpaired) electrons. The predicted molar refractivity (Wildman–Crippen MR) is 74.4 cm³/mol. The summed E-state index contributed by atoms with van der Waals surface area (Å²) >= 11 is 7.24. The lowest BCUT2D eigenvalue weighted by molar-refractivity contribution is 0.188. The molecule has 0 spiro atoms. The van der Waals surface area contributed by atoms with Crippen molar-refractivity contribution in [1.29, 1.82) is 0 Å². The summed E-state index contributed by atoms with van der Waals surface area (Å²) in [6.45, 7) is 2.26. The first kappa shape index (κ1) is 14.7. The lowest BCUT2D eigenvalue weighted by atomic mass is 10.3. The number of rotatable bonds is 6. The van der Waals surface area contributed by atoms with Crippen molar-refractivity contribution in [2.75, 3.05) is 13.7 Å². The van der Waals surface area contributed by atoms with Crippen molar-refractivity contribution >= 4 is 37.9 Å². The fourth-order valence-corrected chi connectivity index (χ4v) is 4.38. The van der Waals surface area contributed by atoms with E-state index in [4.69, 9.17) is 16.3 Å². The largest absolute Gasteiger partial charge is 0.385 e. The highest BCUT2D eigenvalue weighted by atomic mass is 35.5. The summed E-state index contributed by atoms with van der Waals surface area (Å²) in [6.07, 6.45) is 2.21. The molecular formula is C10H14ClN3O3S2. The molecule has 106 valence electrons. The number of nitrogens with zero attached hydrogens (tertiary/aromatic N) is 2. The van der Waals surface area contributed by atoms with E-state index in [-0.39, 0.29) is 16.2 Å². The van der Waals surface area contributed by atoms with Crippen LogP contribution in [0.25, 0.3) is 4.96 Å². The van der Waals surface area contributed by atoms with Crippen molar-refractivity contribution in [3.8, 4) is 0 Å². The molecule has 0 aromatic carbocycles. The summed E-state index contributed by atoms with van der Waals surface area (Å²) in [5.41, 5.74) is 0. The number of fused-ring (bicyclic) bond motifs is 1. The Morgan fingerprint density at radius 1 is 1.63 bits per heavy atom. The van der Waals surface area contributed by atoms with Crippen LogP contribution in [0.5, 0.6) is 0 Å². The monoisotopic (exact) mass is 323 g/mol. The number of hydrogen-bond acceptors (Lipinski definition) is 5. The second-order valence-electron chi connectivity index (χ2n) is 4.07. The maximum absolute atomic E-state index is 12.3. The van der Waals surface area contributed by atoms with Gasteiger partial charge in [-0.25, -0.2) is 18.1 Å². The third-order valence-corrected chi connectivity index (χ3v) is 5.29. The third kappa shape index (κ3) is 3.09. The van der Waals surface area contributed by atoms with Gasteiger partial charge in [0.2, 0.25) is 0 Å². The molecule has 0 saturated carbocycles. The summed E-state index contributed by atoms with van der Waals surface area (Å²) in [6, 6.07) is -0.245. The van der Waals surface area contributed by atoms with Crippen LogP contribution in [0.15, 0.2) is 16.6 Å². The van der Waals surface area contributed by atoms with Crippen molar-refractivity contribution in [2.45, 2.75) is 24.4 Å². The Morgan fingerprint density at radius 2 is 2.37 bits per heavy atom. The topological polar surface area (TPSA) is 72.7 Å². The molecule has 1 unspecified atom stereocenters. The number of methoxy groups -OCH3 is 1. The lowest BCUT2D eigenvalue weighted by Gasteiger charge is -2.13. The van der Waals surface area contributed by atoms with Gasteiger partial charge in [0.05, 0.1) is 0 Å². The number of ether oxygens (including phenoxy) is 1. The van der Waals surface area contributed by atoms with Gasteiger partial charge in [-0.05, 0) is 13.3 Å². The first-order valence-electron chi connectivity index (χ1n) is 5.58. The molecule has 1 N–H and O–H groups in total. The number of thiazole rings is 1. The fourth-order valence-electron chi connectivity index (χ4n) is 1.65. The average Bonchev–Trinajstić information content (AvgIpc) is 2.84. The second-order valence-corrected chi connectivity index (χ2v) is 6.93. The van der Waals surface area contributed by atoms with E-state index >= 15 is 0 Å². The summed E-state index contributed by atoms with van der Waals surface area (Å²) < 4.78 is 33.6. The van der Waals surface area contributed by atoms with E-state index < -0.39 is 10.0 Å². The van der Waals surface area contributed by atoms with Gasteiger partial charge < -0.3 is 4.74 Å². The first-order valence-corrected chi connectivity index (χ1v) is 8.32. The highest BCUT2D eigenvalue weighted by Gasteiger charge is 2.26. The zero-order valence-corrected chi connectivity index (χ0v) is 12.8. The summed E-state index contributed by atoms with van der Waals surface area (Å²) in [7, 11) is -2.13. The zero-order chi connectivity index (χ0) is 14.0. The van der Waals surface area contributed by atoms with Gasteiger partial charge in [0.1, 0.15) is 0 Å². The van der Waals surface area contributed by atoms with E-state index in [0.29, 0.717) is 18.0 Å². The maximum atomic E-state index is 12.3. The van der Waals surface area contributed by atoms with Crippen LogP contribution in [0, 0.1) is 0 Å². The molecule has 19 heavy (non-hydrogen) atoms. The van der Waals surface area contributed by atoms with Gasteiger partial charge in [-0.3, -0.25) is 4.40 Å². The van der Waals surface area contributed by atoms with E-state index in [9.17, 15) is 8.42 Å². The Bertz CT molecular complexity index is 665. The smallest absolute Gasteiger partial charge is 0.260 e. The van der Waals surface area contributed by atoms with Crippen molar-refractivity contribution < 1.29 is 13.2 Å². The van der Waals surface area contributed by atoms with Crippen LogP contribution < -0.4 is 4.72 Å². The summed E-state index contributed by atoms with van der Waals surface area (Å²) in [4.78, 5) is 4.56. The molecule has 2 aromatic heterocycles. The number of sulfonamides is 1. The van der Waals surface area contributed by atoms with Gasteiger partial charge in [-0.15, -0.1) is 11.3 Å². The fraction of sp³-hybridized carbons (Fsp3) is 0.500. The van der Waals surface area contributed by atoms with E-state index in [1.54, 1.807) is 25.6 Å². The Hall–Kier alpha value is -0.670. The summed E-state index contributed by atoms with van der Waals surface area (Å²) in [5.74, 6) is 0. The van der Waals surface area contributed by atoms with Crippen LogP contribution in [-0.4, -0.2) is 37.6 Å². The molecule has 0 aliphatic heterocycles. The Labute approximate surface area is 120 Å². The van der Waals surface area contributed by atoms with Gasteiger partial charge in [-0.2, -0.15) is 0 Å². The Balaban J connectivity index is 2.28. The molecule has 6 nitrogen and oxygen atoms in total. The van der Waals surface area contributed by atoms with Crippen LogP contribution in [0.1, 0.15) is 13.3 Å². The number of nitrogens with one attached hydrogen (secondary N) is 1. The highest BCUT2D eigenvalue weighted by Crippen LogP contribution is 2.25. The molecule has 2 heterocycles. The minimum atomic E-state index is -3.70. The third-order valence-electron chi connectivity index (χ3n) is 2.54. The van der Waals surface area contributed by atoms with Gasteiger partial charge in [0.15, 0.2) is 15.1 Å². The number of aromatic nitrogens is 2. The van der Waals surface area contributed by atoms with Crippen molar-refractivity contribution in [3.05, 3.63) is 16.7 Å². The molecule has 1 atom stereocenters. The molecular weight excluding hydrogens is 310 g/mol. The van der Waals surface area contributed by atoms with Crippen LogP contribution >= 0.6 is 22.9 Å². The number of hydrogen-bond donors (Lipinski definition) is 1. The second kappa shape index (κ2) is 5.76. The number of halogens is 1. The van der Waals surface area contributed by atoms with Gasteiger partial charge in [0, 0.05) is 31.3 Å². The van der Waals surface area contributed by atoms with Crippen molar-refractivity contribution in [1.82, 2.24) is 14.1 Å². The minimum absolute atomic E-state index is 0.0155. The standard InChI is InChI=1S/C10H14ClN3O3S2/c1-7(3-5-17-2)13-19(15,16)9-8(11)12-10-14(9)4-6-18-10/h4,6-7,13H,3,5H2,1-2H3.